The number of benzene rings is 3. The number of nitrogens with zero attached hydrogens (tertiary/aromatic N) is 2. The van der Waals surface area contributed by atoms with E-state index in [0.717, 1.165) is 12.1 Å². The molecule has 3 aromatic carbocycles. The van der Waals surface area contributed by atoms with Gasteiger partial charge in [0.05, 0.1) is 29.1 Å². The number of aromatic nitrogens is 2. The van der Waals surface area contributed by atoms with Crippen LogP contribution in [-0.2, 0) is 10.9 Å². The molecule has 0 unspecified atom stereocenters. The third-order valence-corrected chi connectivity index (χ3v) is 5.83. The summed E-state index contributed by atoms with van der Waals surface area (Å²) in [5, 5.41) is 4.40. The van der Waals surface area contributed by atoms with Crippen molar-refractivity contribution in [2.45, 2.75) is 6.18 Å². The number of urea groups is 1. The third-order valence-electron chi connectivity index (χ3n) is 5.83. The topological polar surface area (TPSA) is 113 Å². The van der Waals surface area contributed by atoms with Crippen molar-refractivity contribution in [1.82, 2.24) is 9.97 Å². The van der Waals surface area contributed by atoms with Gasteiger partial charge < -0.3 is 34.3 Å². The van der Waals surface area contributed by atoms with Crippen molar-refractivity contribution in [3.63, 3.8) is 0 Å². The fourth-order valence-corrected chi connectivity index (χ4v) is 3.95. The number of methoxy groups -OCH3 is 1. The van der Waals surface area contributed by atoms with Crippen LogP contribution in [0.1, 0.15) is 5.56 Å². The smallest absolute Gasteiger partial charge is 0.416 e. The highest BCUT2D eigenvalue weighted by Crippen LogP contribution is 2.48. The molecule has 5 rings (SSSR count). The molecule has 2 amide bonds. The number of anilines is 2. The Morgan fingerprint density at radius 1 is 0.929 bits per heavy atom. The molecule has 2 N–H and O–H groups in total. The average Bonchev–Trinajstić information content (AvgIpc) is 2.95. The molecule has 0 aliphatic carbocycles. The lowest BCUT2D eigenvalue weighted by Crippen LogP contribution is -2.21. The zero-order chi connectivity index (χ0) is 29.9. The Morgan fingerprint density at radius 3 is 2.43 bits per heavy atom. The van der Waals surface area contributed by atoms with Crippen LogP contribution >= 0.6 is 0 Å². The van der Waals surface area contributed by atoms with Crippen molar-refractivity contribution in [3.05, 3.63) is 66.0 Å². The van der Waals surface area contributed by atoms with E-state index in [2.05, 4.69) is 15.3 Å². The van der Waals surface area contributed by atoms with E-state index in [1.165, 1.54) is 19.5 Å². The number of fused-ring (bicyclic) bond motifs is 3. The summed E-state index contributed by atoms with van der Waals surface area (Å²) in [5.41, 5.74) is -1.86. The minimum Gasteiger partial charge on any atom is -0.487 e. The van der Waals surface area contributed by atoms with Crippen LogP contribution in [-0.4, -0.2) is 49.5 Å². The Balaban J connectivity index is 1.35. The molecule has 15 heteroatoms. The summed E-state index contributed by atoms with van der Waals surface area (Å²) in [6, 6.07) is 5.36. The number of alkyl halides is 3. The van der Waals surface area contributed by atoms with Crippen molar-refractivity contribution in [2.24, 2.45) is 0 Å². The number of ether oxygens (including phenoxy) is 5. The molecule has 0 saturated heterocycles. The second kappa shape index (κ2) is 11.9. The van der Waals surface area contributed by atoms with Crippen LogP contribution in [0.3, 0.4) is 0 Å². The Kier molecular flexibility index (Phi) is 8.10. The van der Waals surface area contributed by atoms with Gasteiger partial charge in [0.25, 0.3) is 0 Å². The molecule has 0 radical (unpaired) electrons. The van der Waals surface area contributed by atoms with E-state index in [1.54, 1.807) is 6.07 Å². The van der Waals surface area contributed by atoms with Crippen LogP contribution < -0.4 is 29.6 Å². The number of halogens is 5. The molecule has 4 aromatic rings. The first-order valence-electron chi connectivity index (χ1n) is 12.2. The highest BCUT2D eigenvalue weighted by molar-refractivity contribution is 6.00. The first-order chi connectivity index (χ1) is 20.1. The molecule has 0 fully saturated rings. The maximum atomic E-state index is 14.9. The van der Waals surface area contributed by atoms with Crippen LogP contribution in [0.4, 0.5) is 38.1 Å². The SMILES string of the molecule is COCCOc1cc2ncnc(Oc3ccc(NC(=O)Nc4cc(C(F)(F)F)ccc4F)c(F)c3)c2c2c1OCCO2. The number of rotatable bonds is 8. The standard InChI is InChI=1S/C27H21F5N4O6/c1-38-6-7-39-21-12-20-22(24-23(21)40-8-9-41-24)25(34-13-33-20)42-15-3-5-18(17(29)11-15)35-26(37)36-19-10-14(27(30,31)32)2-4-16(19)28/h2-5,10-13H,6-9H2,1H3,(H2,35,36,37). The molecule has 220 valence electrons. The van der Waals surface area contributed by atoms with E-state index >= 15 is 0 Å². The monoisotopic (exact) mass is 592 g/mol. The van der Waals surface area contributed by atoms with Gasteiger partial charge in [-0.1, -0.05) is 0 Å². The second-order valence-corrected chi connectivity index (χ2v) is 8.66. The highest BCUT2D eigenvalue weighted by atomic mass is 19.4. The van der Waals surface area contributed by atoms with Crippen molar-refractivity contribution >= 4 is 28.3 Å². The van der Waals surface area contributed by atoms with Crippen LogP contribution in [0, 0.1) is 11.6 Å². The van der Waals surface area contributed by atoms with E-state index in [0.29, 0.717) is 47.2 Å². The zero-order valence-corrected chi connectivity index (χ0v) is 21.7. The molecule has 1 aliphatic rings. The molecule has 1 aromatic heterocycles. The quantitative estimate of drug-likeness (QED) is 0.185. The van der Waals surface area contributed by atoms with Gasteiger partial charge in [0.1, 0.15) is 48.9 Å². The van der Waals surface area contributed by atoms with Gasteiger partial charge in [0, 0.05) is 19.2 Å². The molecule has 0 atom stereocenters. The predicted octanol–water partition coefficient (Wildman–Crippen LogP) is 6.16. The average molecular weight is 592 g/mol. The normalized spacial score (nSPS) is 12.6. The van der Waals surface area contributed by atoms with Crippen molar-refractivity contribution in [1.29, 1.82) is 0 Å². The fraction of sp³-hybridized carbons (Fsp3) is 0.222. The van der Waals surface area contributed by atoms with E-state index in [9.17, 15) is 26.7 Å². The van der Waals surface area contributed by atoms with Gasteiger partial charge in [-0.2, -0.15) is 13.2 Å². The Bertz CT molecular complexity index is 1640. The van der Waals surface area contributed by atoms with E-state index < -0.39 is 35.1 Å². The summed E-state index contributed by atoms with van der Waals surface area (Å²) in [6.45, 7) is 1.10. The Labute approximate surface area is 234 Å². The first kappa shape index (κ1) is 28.6. The van der Waals surface area contributed by atoms with E-state index in [1.807, 2.05) is 5.32 Å². The summed E-state index contributed by atoms with van der Waals surface area (Å²) in [4.78, 5) is 20.7. The first-order valence-corrected chi connectivity index (χ1v) is 12.2. The van der Waals surface area contributed by atoms with Gasteiger partial charge in [0.15, 0.2) is 11.5 Å². The van der Waals surface area contributed by atoms with Crippen molar-refractivity contribution in [2.75, 3.05) is 44.2 Å². The van der Waals surface area contributed by atoms with Crippen molar-refractivity contribution in [3.8, 4) is 28.9 Å². The van der Waals surface area contributed by atoms with Crippen molar-refractivity contribution < 1.29 is 50.4 Å². The van der Waals surface area contributed by atoms with Gasteiger partial charge in [-0.25, -0.2) is 23.5 Å². The summed E-state index contributed by atoms with van der Waals surface area (Å²) in [6.07, 6.45) is -3.52. The van der Waals surface area contributed by atoms with Crippen LogP contribution in [0.2, 0.25) is 0 Å². The predicted molar refractivity (Wildman–Crippen MR) is 138 cm³/mol. The largest absolute Gasteiger partial charge is 0.487 e. The molecule has 0 bridgehead atoms. The number of carbonyl (C=O) groups excluding carboxylic acids is 1. The van der Waals surface area contributed by atoms with Gasteiger partial charge >= 0.3 is 12.2 Å². The number of nitrogens with one attached hydrogen (secondary N) is 2. The molecule has 1 aliphatic heterocycles. The van der Waals surface area contributed by atoms with Gasteiger partial charge in [-0.15, -0.1) is 0 Å². The van der Waals surface area contributed by atoms with Crippen LogP contribution in [0.15, 0.2) is 48.8 Å². The number of hydrogen-bond donors (Lipinski definition) is 2. The minimum absolute atomic E-state index is 0.0167. The maximum absolute atomic E-state index is 14.9. The molecular weight excluding hydrogens is 571 g/mol. The van der Waals surface area contributed by atoms with Gasteiger partial charge in [-0.3, -0.25) is 0 Å². The highest BCUT2D eigenvalue weighted by Gasteiger charge is 2.31. The summed E-state index contributed by atoms with van der Waals surface area (Å²) < 4.78 is 95.8. The van der Waals surface area contributed by atoms with E-state index in [-0.39, 0.29) is 42.9 Å². The molecule has 2 heterocycles. The lowest BCUT2D eigenvalue weighted by atomic mass is 10.1. The maximum Gasteiger partial charge on any atom is 0.416 e. The van der Waals surface area contributed by atoms with E-state index in [4.69, 9.17) is 23.7 Å². The van der Waals surface area contributed by atoms with Gasteiger partial charge in [0.2, 0.25) is 11.6 Å². The number of amides is 2. The van der Waals surface area contributed by atoms with Crippen LogP contribution in [0.5, 0.6) is 28.9 Å². The molecule has 0 spiro atoms. The lowest BCUT2D eigenvalue weighted by Gasteiger charge is -2.23. The molecule has 0 saturated carbocycles. The molecule has 42 heavy (non-hydrogen) atoms. The zero-order valence-electron chi connectivity index (χ0n) is 21.7. The Morgan fingerprint density at radius 2 is 1.69 bits per heavy atom. The summed E-state index contributed by atoms with van der Waals surface area (Å²) in [5.74, 6) is -1.09. The summed E-state index contributed by atoms with van der Waals surface area (Å²) in [7, 11) is 1.54. The minimum atomic E-state index is -4.75. The fourth-order valence-electron chi connectivity index (χ4n) is 3.95. The molecular formula is C27H21F5N4O6. The molecule has 10 nitrogen and oxygen atoms in total. The number of carbonyl (C=O) groups is 1. The Hall–Kier alpha value is -4.92. The van der Waals surface area contributed by atoms with Gasteiger partial charge in [-0.05, 0) is 30.3 Å². The van der Waals surface area contributed by atoms with Crippen LogP contribution in [0.25, 0.3) is 10.9 Å². The second-order valence-electron chi connectivity index (χ2n) is 8.66. The third kappa shape index (κ3) is 6.20. The number of hydrogen-bond acceptors (Lipinski definition) is 8. The lowest BCUT2D eigenvalue weighted by molar-refractivity contribution is -0.137. The summed E-state index contributed by atoms with van der Waals surface area (Å²) >= 11 is 0.